The van der Waals surface area contributed by atoms with Gasteiger partial charge in [0.2, 0.25) is 0 Å². The lowest BCUT2D eigenvalue weighted by Gasteiger charge is -2.45. The van der Waals surface area contributed by atoms with Gasteiger partial charge in [0.25, 0.3) is 0 Å². The minimum Gasteiger partial charge on any atom is -0.322 e. The maximum atomic E-state index is 2.45. The summed E-state index contributed by atoms with van der Waals surface area (Å²) in [6.45, 7) is 11.4. The number of rotatable bonds is 18. The molecule has 1 heteroatoms. The fraction of sp³-hybridized carbons (Fsp3) is 1.00. The Morgan fingerprint density at radius 1 is 0.519 bits per heavy atom. The van der Waals surface area contributed by atoms with Crippen molar-refractivity contribution in [3.8, 4) is 0 Å². The average molecular weight is 381 g/mol. The molecule has 0 aromatic carbocycles. The van der Waals surface area contributed by atoms with Gasteiger partial charge in [0.1, 0.15) is 0 Å². The van der Waals surface area contributed by atoms with Crippen molar-refractivity contribution in [3.05, 3.63) is 0 Å². The quantitative estimate of drug-likeness (QED) is 0.165. The predicted octanol–water partition coefficient (Wildman–Crippen LogP) is 8.66. The third-order valence-corrected chi connectivity index (χ3v) is 7.57. The summed E-state index contributed by atoms with van der Waals surface area (Å²) in [4.78, 5) is 0. The Bertz CT molecular complexity index is 301. The van der Waals surface area contributed by atoms with Gasteiger partial charge in [-0.2, -0.15) is 0 Å². The highest BCUT2D eigenvalue weighted by atomic mass is 15.4. The van der Waals surface area contributed by atoms with Crippen molar-refractivity contribution in [1.29, 1.82) is 0 Å². The monoisotopic (exact) mass is 380 g/mol. The zero-order chi connectivity index (χ0) is 19.6. The van der Waals surface area contributed by atoms with Gasteiger partial charge < -0.3 is 4.48 Å². The van der Waals surface area contributed by atoms with Crippen molar-refractivity contribution in [2.45, 2.75) is 149 Å². The first kappa shape index (κ1) is 25.0. The minimum atomic E-state index is 0.982. The number of hydrogen-bond acceptors (Lipinski definition) is 0. The van der Waals surface area contributed by atoms with Gasteiger partial charge in [0.05, 0.1) is 25.7 Å². The molecule has 1 rings (SSSR count). The van der Waals surface area contributed by atoms with Crippen LogP contribution in [-0.4, -0.2) is 30.2 Å². The van der Waals surface area contributed by atoms with Gasteiger partial charge in [-0.3, -0.25) is 0 Å². The molecule has 0 spiro atoms. The van der Waals surface area contributed by atoms with Gasteiger partial charge in [-0.1, -0.05) is 90.4 Å². The molecule has 0 heterocycles. The van der Waals surface area contributed by atoms with Crippen LogP contribution < -0.4 is 0 Å². The average Bonchev–Trinajstić information content (AvgIpc) is 2.72. The summed E-state index contributed by atoms with van der Waals surface area (Å²) in [5.74, 6) is 0. The molecule has 0 saturated heterocycles. The molecule has 162 valence electrons. The molecule has 0 aromatic rings. The van der Waals surface area contributed by atoms with Gasteiger partial charge in [0.15, 0.2) is 0 Å². The summed E-state index contributed by atoms with van der Waals surface area (Å²) < 4.78 is 1.43. The molecule has 0 bridgehead atoms. The first-order valence-corrected chi connectivity index (χ1v) is 13.1. The molecular formula is C26H54N+. The van der Waals surface area contributed by atoms with Crippen LogP contribution in [0.3, 0.4) is 0 Å². The van der Waals surface area contributed by atoms with Gasteiger partial charge >= 0.3 is 0 Å². The number of unbranched alkanes of at least 4 members (excludes halogenated alkanes) is 13. The summed E-state index contributed by atoms with van der Waals surface area (Å²) >= 11 is 0. The Kier molecular flexibility index (Phi) is 15.6. The van der Waals surface area contributed by atoms with Crippen molar-refractivity contribution >= 4 is 0 Å². The van der Waals surface area contributed by atoms with E-state index in [0.29, 0.717) is 0 Å². The molecule has 0 N–H and O–H groups in total. The summed E-state index contributed by atoms with van der Waals surface area (Å²) in [5, 5.41) is 0. The molecule has 27 heavy (non-hydrogen) atoms. The third-order valence-electron chi connectivity index (χ3n) is 7.57. The van der Waals surface area contributed by atoms with Crippen LogP contribution in [0.2, 0.25) is 0 Å². The maximum absolute atomic E-state index is 2.45. The topological polar surface area (TPSA) is 0 Å². The summed E-state index contributed by atoms with van der Waals surface area (Å²) in [7, 11) is 0. The molecule has 0 radical (unpaired) electrons. The lowest BCUT2D eigenvalue weighted by Crippen LogP contribution is -2.56. The van der Waals surface area contributed by atoms with Crippen LogP contribution in [0.5, 0.6) is 0 Å². The highest BCUT2D eigenvalue weighted by Gasteiger charge is 2.34. The summed E-state index contributed by atoms with van der Waals surface area (Å²) in [5.41, 5.74) is 0. The zero-order valence-electron chi connectivity index (χ0n) is 19.6. The molecule has 1 fully saturated rings. The lowest BCUT2D eigenvalue weighted by atomic mass is 9.91. The molecular weight excluding hydrogens is 326 g/mol. The predicted molar refractivity (Wildman–Crippen MR) is 123 cm³/mol. The van der Waals surface area contributed by atoms with E-state index >= 15 is 0 Å². The second-order valence-electron chi connectivity index (χ2n) is 9.46. The Balaban J connectivity index is 1.96. The van der Waals surface area contributed by atoms with Crippen molar-refractivity contribution in [2.24, 2.45) is 0 Å². The van der Waals surface area contributed by atoms with E-state index in [0.717, 1.165) is 6.04 Å². The Morgan fingerprint density at radius 2 is 0.926 bits per heavy atom. The minimum absolute atomic E-state index is 0.982. The van der Waals surface area contributed by atoms with E-state index in [1.807, 2.05) is 0 Å². The highest BCUT2D eigenvalue weighted by Crippen LogP contribution is 2.29. The second kappa shape index (κ2) is 16.9. The van der Waals surface area contributed by atoms with Crippen LogP contribution >= 0.6 is 0 Å². The van der Waals surface area contributed by atoms with Crippen LogP contribution in [0, 0.1) is 0 Å². The van der Waals surface area contributed by atoms with Crippen molar-refractivity contribution < 1.29 is 4.48 Å². The van der Waals surface area contributed by atoms with Crippen LogP contribution in [-0.2, 0) is 0 Å². The first-order chi connectivity index (χ1) is 13.3. The van der Waals surface area contributed by atoms with E-state index in [1.54, 1.807) is 0 Å². The zero-order valence-corrected chi connectivity index (χ0v) is 19.6. The van der Waals surface area contributed by atoms with Crippen molar-refractivity contribution in [2.75, 3.05) is 19.6 Å². The second-order valence-corrected chi connectivity index (χ2v) is 9.46. The van der Waals surface area contributed by atoms with E-state index in [2.05, 4.69) is 20.8 Å². The third kappa shape index (κ3) is 10.9. The van der Waals surface area contributed by atoms with Crippen LogP contribution in [0.25, 0.3) is 0 Å². The maximum Gasteiger partial charge on any atom is 0.0890 e. The molecule has 0 aromatic heterocycles. The SMILES string of the molecule is CCCCCCCCCCCCCCCC[N+](CC)(CC)C1CCCCC1. The van der Waals surface area contributed by atoms with E-state index in [9.17, 15) is 0 Å². The summed E-state index contributed by atoms with van der Waals surface area (Å²) in [6.07, 6.45) is 28.0. The lowest BCUT2D eigenvalue weighted by molar-refractivity contribution is -0.949. The molecule has 0 unspecified atom stereocenters. The van der Waals surface area contributed by atoms with E-state index in [1.165, 1.54) is 146 Å². The molecule has 0 atom stereocenters. The first-order valence-electron chi connectivity index (χ1n) is 13.1. The number of hydrogen-bond donors (Lipinski definition) is 0. The van der Waals surface area contributed by atoms with Crippen molar-refractivity contribution in [3.63, 3.8) is 0 Å². The molecule has 0 aliphatic heterocycles. The van der Waals surface area contributed by atoms with E-state index in [-0.39, 0.29) is 0 Å². The fourth-order valence-electron chi connectivity index (χ4n) is 5.49. The molecule has 1 saturated carbocycles. The fourth-order valence-corrected chi connectivity index (χ4v) is 5.49. The van der Waals surface area contributed by atoms with Gasteiger partial charge in [-0.05, 0) is 52.4 Å². The number of nitrogens with zero attached hydrogens (tertiary/aromatic N) is 1. The Hall–Kier alpha value is -0.0400. The van der Waals surface area contributed by atoms with Gasteiger partial charge in [-0.15, -0.1) is 0 Å². The van der Waals surface area contributed by atoms with Crippen molar-refractivity contribution in [1.82, 2.24) is 0 Å². The van der Waals surface area contributed by atoms with Crippen LogP contribution in [0.1, 0.15) is 143 Å². The molecule has 1 aliphatic rings. The smallest absolute Gasteiger partial charge is 0.0890 e. The van der Waals surface area contributed by atoms with Crippen LogP contribution in [0.4, 0.5) is 0 Å². The highest BCUT2D eigenvalue weighted by molar-refractivity contribution is 4.67. The van der Waals surface area contributed by atoms with Gasteiger partial charge in [0, 0.05) is 0 Å². The van der Waals surface area contributed by atoms with E-state index < -0.39 is 0 Å². The Morgan fingerprint density at radius 3 is 1.33 bits per heavy atom. The molecule has 0 amide bonds. The largest absolute Gasteiger partial charge is 0.322 e. The van der Waals surface area contributed by atoms with Crippen LogP contribution in [0.15, 0.2) is 0 Å². The molecule has 1 aliphatic carbocycles. The van der Waals surface area contributed by atoms with Gasteiger partial charge in [-0.25, -0.2) is 0 Å². The normalized spacial score (nSPS) is 16.1. The Labute approximate surface area is 173 Å². The standard InChI is InChI=1S/C26H54N/c1-4-7-8-9-10-11-12-13-14-15-16-17-18-22-25-27(5-2,6-3)26-23-20-19-21-24-26/h26H,4-25H2,1-3H3/q+1. The summed E-state index contributed by atoms with van der Waals surface area (Å²) in [6, 6.07) is 0.982. The van der Waals surface area contributed by atoms with E-state index in [4.69, 9.17) is 0 Å². The molecule has 1 nitrogen and oxygen atoms in total. The number of quaternary nitrogens is 1.